The Bertz CT molecular complexity index is 1250. The van der Waals surface area contributed by atoms with Crippen LogP contribution in [0.4, 0.5) is 9.52 Å². The molecule has 0 aliphatic carbocycles. The van der Waals surface area contributed by atoms with Gasteiger partial charge in [0.05, 0.1) is 24.6 Å². The van der Waals surface area contributed by atoms with Crippen molar-refractivity contribution >= 4 is 38.2 Å². The Kier molecular flexibility index (Phi) is 7.60. The van der Waals surface area contributed by atoms with Crippen LogP contribution in [-0.2, 0) is 26.9 Å². The predicted molar refractivity (Wildman–Crippen MR) is 125 cm³/mol. The fraction of sp³-hybridized carbons (Fsp3) is 0.261. The highest BCUT2D eigenvalue weighted by Crippen LogP contribution is 2.29. The van der Waals surface area contributed by atoms with Gasteiger partial charge in [-0.1, -0.05) is 35.6 Å². The van der Waals surface area contributed by atoms with Gasteiger partial charge in [0.25, 0.3) is 5.91 Å². The first-order chi connectivity index (χ1) is 15.6. The molecule has 2 aromatic carbocycles. The smallest absolute Gasteiger partial charge is 0.350 e. The minimum atomic E-state index is -3.21. The second-order valence-electron chi connectivity index (χ2n) is 7.42. The van der Waals surface area contributed by atoms with Crippen LogP contribution in [0.3, 0.4) is 0 Å². The van der Waals surface area contributed by atoms with Crippen molar-refractivity contribution < 1.29 is 27.1 Å². The van der Waals surface area contributed by atoms with Crippen LogP contribution in [-0.4, -0.2) is 38.1 Å². The minimum Gasteiger partial charge on any atom is -0.462 e. The van der Waals surface area contributed by atoms with E-state index in [2.05, 4.69) is 4.98 Å². The fourth-order valence-corrected chi connectivity index (χ4v) is 4.84. The molecule has 1 aromatic heterocycles. The molecule has 0 atom stereocenters. The average Bonchev–Trinajstić information content (AvgIpc) is 3.14. The molecule has 1 heterocycles. The summed E-state index contributed by atoms with van der Waals surface area (Å²) in [7, 11) is -3.21. The summed E-state index contributed by atoms with van der Waals surface area (Å²) in [6.45, 7) is 3.67. The van der Waals surface area contributed by atoms with Crippen molar-refractivity contribution in [3.63, 3.8) is 0 Å². The second-order valence-corrected chi connectivity index (χ2v) is 10.5. The predicted octanol–water partition coefficient (Wildman–Crippen LogP) is 4.16. The third kappa shape index (κ3) is 6.45. The number of sulfone groups is 1. The molecule has 0 bridgehead atoms. The van der Waals surface area contributed by atoms with Crippen molar-refractivity contribution in [2.75, 3.05) is 17.8 Å². The van der Waals surface area contributed by atoms with Crippen molar-refractivity contribution in [2.24, 2.45) is 0 Å². The Morgan fingerprint density at radius 2 is 1.67 bits per heavy atom. The number of carbonyl (C=O) groups excluding carboxylic acids is 2. The molecular weight excluding hydrogens is 467 g/mol. The molecule has 0 aliphatic rings. The molecule has 3 rings (SSSR count). The summed E-state index contributed by atoms with van der Waals surface area (Å²) in [6, 6.07) is 12.0. The van der Waals surface area contributed by atoms with Crippen molar-refractivity contribution in [3.8, 4) is 0 Å². The molecule has 33 heavy (non-hydrogen) atoms. The van der Waals surface area contributed by atoms with E-state index in [0.717, 1.165) is 17.6 Å². The third-order valence-electron chi connectivity index (χ3n) is 4.61. The molecule has 0 saturated carbocycles. The number of hydrogen-bond donors (Lipinski definition) is 0. The van der Waals surface area contributed by atoms with Crippen molar-refractivity contribution in [2.45, 2.75) is 26.1 Å². The monoisotopic (exact) mass is 490 g/mol. The van der Waals surface area contributed by atoms with Crippen LogP contribution in [0.25, 0.3) is 0 Å². The molecule has 0 saturated heterocycles. The Labute approximate surface area is 195 Å². The summed E-state index contributed by atoms with van der Waals surface area (Å²) >= 11 is 1.04. The van der Waals surface area contributed by atoms with Crippen LogP contribution in [0.15, 0.2) is 48.5 Å². The van der Waals surface area contributed by atoms with E-state index in [1.54, 1.807) is 50.2 Å². The van der Waals surface area contributed by atoms with Crippen LogP contribution in [0.2, 0.25) is 0 Å². The summed E-state index contributed by atoms with van der Waals surface area (Å²) in [5, 5.41) is 0.296. The number of carbonyl (C=O) groups is 2. The van der Waals surface area contributed by atoms with E-state index in [1.165, 1.54) is 17.0 Å². The Morgan fingerprint density at radius 1 is 1.06 bits per heavy atom. The van der Waals surface area contributed by atoms with Gasteiger partial charge in [0.15, 0.2) is 15.0 Å². The van der Waals surface area contributed by atoms with E-state index in [-0.39, 0.29) is 18.9 Å². The first-order valence-corrected chi connectivity index (χ1v) is 12.9. The van der Waals surface area contributed by atoms with Gasteiger partial charge in [-0.15, -0.1) is 0 Å². The number of thiazole rings is 1. The van der Waals surface area contributed by atoms with Crippen molar-refractivity contribution in [1.29, 1.82) is 0 Å². The normalized spacial score (nSPS) is 11.3. The van der Waals surface area contributed by atoms with Crippen molar-refractivity contribution in [1.82, 2.24) is 4.98 Å². The van der Waals surface area contributed by atoms with E-state index >= 15 is 0 Å². The maximum atomic E-state index is 13.4. The van der Waals surface area contributed by atoms with Gasteiger partial charge in [0.1, 0.15) is 10.7 Å². The van der Waals surface area contributed by atoms with E-state index in [1.807, 2.05) is 0 Å². The number of nitrogens with zero attached hydrogens (tertiary/aromatic N) is 2. The number of ether oxygens (including phenoxy) is 1. The van der Waals surface area contributed by atoms with Crippen LogP contribution < -0.4 is 4.90 Å². The zero-order valence-corrected chi connectivity index (χ0v) is 20.0. The van der Waals surface area contributed by atoms with Crippen LogP contribution in [0, 0.1) is 12.7 Å². The number of aromatic nitrogens is 1. The molecule has 0 spiro atoms. The quantitative estimate of drug-likeness (QED) is 0.440. The van der Waals surface area contributed by atoms with Gasteiger partial charge in [-0.2, -0.15) is 0 Å². The molecule has 0 N–H and O–H groups in total. The molecule has 1 amide bonds. The zero-order valence-electron chi connectivity index (χ0n) is 18.4. The highest BCUT2D eigenvalue weighted by Gasteiger charge is 2.25. The molecule has 3 aromatic rings. The largest absolute Gasteiger partial charge is 0.462 e. The summed E-state index contributed by atoms with van der Waals surface area (Å²) < 4.78 is 41.5. The zero-order chi connectivity index (χ0) is 24.2. The van der Waals surface area contributed by atoms with Gasteiger partial charge in [0, 0.05) is 11.8 Å². The average molecular weight is 491 g/mol. The van der Waals surface area contributed by atoms with Gasteiger partial charge in [-0.3, -0.25) is 9.69 Å². The molecule has 7 nitrogen and oxygen atoms in total. The third-order valence-corrected chi connectivity index (χ3v) is 6.62. The Hall–Kier alpha value is -3.11. The molecule has 174 valence electrons. The molecule has 0 aliphatic heterocycles. The van der Waals surface area contributed by atoms with Crippen LogP contribution >= 0.6 is 11.3 Å². The van der Waals surface area contributed by atoms with Gasteiger partial charge in [-0.25, -0.2) is 22.6 Å². The highest BCUT2D eigenvalue weighted by molar-refractivity contribution is 7.89. The highest BCUT2D eigenvalue weighted by atomic mass is 32.2. The van der Waals surface area contributed by atoms with E-state index in [0.29, 0.717) is 32.4 Å². The first-order valence-electron chi connectivity index (χ1n) is 10.0. The number of benzene rings is 2. The van der Waals surface area contributed by atoms with Gasteiger partial charge >= 0.3 is 5.97 Å². The summed E-state index contributed by atoms with van der Waals surface area (Å²) in [5.41, 5.74) is 1.99. The maximum absolute atomic E-state index is 13.4. The molecule has 0 fully saturated rings. The standard InChI is InChI=1S/C23H23FN2O5S2/c1-4-31-22(28)20-15(2)25-23(32-20)26(13-16-7-11-19(24)12-8-16)21(27)18-9-5-17(6-10-18)14-33(3,29)30/h5-12H,4,13-14H2,1-3H3. The van der Waals surface area contributed by atoms with Gasteiger partial charge in [0.2, 0.25) is 0 Å². The van der Waals surface area contributed by atoms with Gasteiger partial charge in [-0.05, 0) is 49.2 Å². The number of halogens is 1. The molecular formula is C23H23FN2O5S2. The van der Waals surface area contributed by atoms with Crippen LogP contribution in [0.1, 0.15) is 43.8 Å². The lowest BCUT2D eigenvalue weighted by Gasteiger charge is -2.20. The fourth-order valence-electron chi connectivity index (χ4n) is 3.08. The lowest BCUT2D eigenvalue weighted by atomic mass is 10.1. The second kappa shape index (κ2) is 10.2. The number of hydrogen-bond acceptors (Lipinski definition) is 7. The Morgan fingerprint density at radius 3 is 2.24 bits per heavy atom. The number of amides is 1. The van der Waals surface area contributed by atoms with E-state index in [9.17, 15) is 22.4 Å². The molecule has 0 unspecified atom stereocenters. The Balaban J connectivity index is 1.96. The topological polar surface area (TPSA) is 93.6 Å². The van der Waals surface area contributed by atoms with E-state index in [4.69, 9.17) is 4.74 Å². The lowest BCUT2D eigenvalue weighted by molar-refractivity contribution is 0.0531. The number of rotatable bonds is 8. The first kappa shape index (κ1) is 24.5. The van der Waals surface area contributed by atoms with Gasteiger partial charge < -0.3 is 4.74 Å². The SMILES string of the molecule is CCOC(=O)c1sc(N(Cc2ccc(F)cc2)C(=O)c2ccc(CS(C)(=O)=O)cc2)nc1C. The minimum absolute atomic E-state index is 0.0966. The number of anilines is 1. The molecule has 0 radical (unpaired) electrons. The summed E-state index contributed by atoms with van der Waals surface area (Å²) in [6.07, 6.45) is 1.14. The van der Waals surface area contributed by atoms with Crippen LogP contribution in [0.5, 0.6) is 0 Å². The van der Waals surface area contributed by atoms with E-state index < -0.39 is 27.5 Å². The molecule has 10 heteroatoms. The number of esters is 1. The van der Waals surface area contributed by atoms with Crippen molar-refractivity contribution in [3.05, 3.63) is 81.6 Å². The summed E-state index contributed by atoms with van der Waals surface area (Å²) in [4.78, 5) is 31.8. The lowest BCUT2D eigenvalue weighted by Crippen LogP contribution is -2.30. The summed E-state index contributed by atoms with van der Waals surface area (Å²) in [5.74, 6) is -1.43. The number of aryl methyl sites for hydroxylation is 1. The maximum Gasteiger partial charge on any atom is 0.350 e.